The van der Waals surface area contributed by atoms with Crippen molar-refractivity contribution in [2.45, 2.75) is 82.3 Å². The Labute approximate surface area is 360 Å². The van der Waals surface area contributed by atoms with Crippen LogP contribution in [-0.4, -0.2) is 107 Å². The van der Waals surface area contributed by atoms with Crippen molar-refractivity contribution in [2.75, 3.05) is 32.7 Å². The zero-order valence-corrected chi connectivity index (χ0v) is 34.4. The largest absolute Gasteiger partial charge is 0.490 e. The van der Waals surface area contributed by atoms with Crippen LogP contribution in [0.25, 0.3) is 0 Å². The number of nitrogens with two attached hydrogens (primary N) is 2. The molecule has 20 heteroatoms. The minimum atomic E-state index is -5.08. The van der Waals surface area contributed by atoms with Crippen LogP contribution in [0.4, 0.5) is 26.3 Å². The molecule has 1 aliphatic carbocycles. The van der Waals surface area contributed by atoms with Gasteiger partial charge in [0.15, 0.2) is 5.96 Å². The van der Waals surface area contributed by atoms with Crippen molar-refractivity contribution in [2.24, 2.45) is 21.9 Å². The number of alkyl halides is 6. The van der Waals surface area contributed by atoms with Crippen LogP contribution in [0, 0.1) is 5.41 Å². The molecular weight excluding hydrogens is 841 g/mol. The molecule has 1 saturated carbocycles. The Hall–Kier alpha value is -6.18. The number of piperazine rings is 1. The highest BCUT2D eigenvalue weighted by Gasteiger charge is 2.41. The summed E-state index contributed by atoms with van der Waals surface area (Å²) in [5.41, 5.74) is 14.0. The molecule has 63 heavy (non-hydrogen) atoms. The van der Waals surface area contributed by atoms with Gasteiger partial charge in [0.05, 0.1) is 6.04 Å². The monoisotopic (exact) mass is 893 g/mol. The molecule has 1 saturated heterocycles. The van der Waals surface area contributed by atoms with Crippen LogP contribution in [0.3, 0.4) is 0 Å². The predicted octanol–water partition coefficient (Wildman–Crippen LogP) is 5.38. The molecule has 0 aromatic heterocycles. The van der Waals surface area contributed by atoms with E-state index < -0.39 is 35.7 Å². The molecule has 0 radical (unpaired) electrons. The number of rotatable bonds is 15. The fourth-order valence-corrected chi connectivity index (χ4v) is 7.35. The Kier molecular flexibility index (Phi) is 19.9. The zero-order valence-electron chi connectivity index (χ0n) is 34.4. The summed E-state index contributed by atoms with van der Waals surface area (Å²) in [6.07, 6.45) is -5.04. The van der Waals surface area contributed by atoms with E-state index in [1.165, 1.54) is 11.1 Å². The number of aliphatic imine (C=N–C) groups is 1. The van der Waals surface area contributed by atoms with Gasteiger partial charge in [0.2, 0.25) is 17.7 Å². The molecule has 1 aliphatic heterocycles. The van der Waals surface area contributed by atoms with E-state index in [0.29, 0.717) is 45.4 Å². The Morgan fingerprint density at radius 2 is 1.17 bits per heavy atom. The Morgan fingerprint density at radius 3 is 1.62 bits per heavy atom. The molecule has 0 bridgehead atoms. The second-order valence-corrected chi connectivity index (χ2v) is 15.1. The number of hydrogen-bond acceptors (Lipinski definition) is 7. The summed E-state index contributed by atoms with van der Waals surface area (Å²) >= 11 is 0. The van der Waals surface area contributed by atoms with E-state index in [1.807, 2.05) is 47.4 Å². The molecule has 3 amide bonds. The third kappa shape index (κ3) is 18.0. The summed E-state index contributed by atoms with van der Waals surface area (Å²) in [4.78, 5) is 66.9. The van der Waals surface area contributed by atoms with Crippen LogP contribution < -0.4 is 22.1 Å². The Morgan fingerprint density at radius 1 is 0.714 bits per heavy atom. The van der Waals surface area contributed by atoms with Crippen molar-refractivity contribution in [3.63, 3.8) is 0 Å². The summed E-state index contributed by atoms with van der Waals surface area (Å²) in [6, 6.07) is 30.1. The molecule has 0 spiro atoms. The number of nitrogens with one attached hydrogen (secondary N) is 2. The fraction of sp³-hybridized carbons (Fsp3) is 0.442. The molecule has 0 unspecified atom stereocenters. The fourth-order valence-electron chi connectivity index (χ4n) is 7.35. The molecule has 2 aliphatic rings. The second kappa shape index (κ2) is 24.5. The number of carboxylic acids is 2. The van der Waals surface area contributed by atoms with E-state index in [0.717, 1.165) is 44.3 Å². The molecule has 5 rings (SSSR count). The molecule has 8 N–H and O–H groups in total. The third-order valence-corrected chi connectivity index (χ3v) is 10.4. The number of hydrogen-bond donors (Lipinski definition) is 6. The number of amides is 3. The van der Waals surface area contributed by atoms with Crippen LogP contribution in [0.2, 0.25) is 0 Å². The van der Waals surface area contributed by atoms with Gasteiger partial charge in [-0.05, 0) is 47.8 Å². The van der Waals surface area contributed by atoms with Gasteiger partial charge in [-0.15, -0.1) is 0 Å². The lowest BCUT2D eigenvalue weighted by Crippen LogP contribution is -2.51. The number of aliphatic carboxylic acids is 2. The highest BCUT2D eigenvalue weighted by atomic mass is 19.4. The van der Waals surface area contributed by atoms with E-state index in [9.17, 15) is 40.7 Å². The van der Waals surface area contributed by atoms with Crippen molar-refractivity contribution >= 4 is 35.6 Å². The van der Waals surface area contributed by atoms with Gasteiger partial charge in [0, 0.05) is 52.1 Å². The minimum Gasteiger partial charge on any atom is -0.475 e. The number of carboxylic acid groups (broad SMARTS) is 2. The van der Waals surface area contributed by atoms with Gasteiger partial charge in [-0.3, -0.25) is 24.3 Å². The molecule has 14 nitrogen and oxygen atoms in total. The number of carbonyl (C=O) groups is 5. The van der Waals surface area contributed by atoms with E-state index in [4.69, 9.17) is 31.3 Å². The maximum atomic E-state index is 13.8. The second-order valence-electron chi connectivity index (χ2n) is 15.1. The van der Waals surface area contributed by atoms with Gasteiger partial charge >= 0.3 is 24.3 Å². The van der Waals surface area contributed by atoms with Crippen LogP contribution >= 0.6 is 0 Å². The highest BCUT2D eigenvalue weighted by Crippen LogP contribution is 2.44. The third-order valence-electron chi connectivity index (χ3n) is 10.4. The van der Waals surface area contributed by atoms with Crippen molar-refractivity contribution < 1.29 is 60.5 Å². The van der Waals surface area contributed by atoms with Gasteiger partial charge in [0.1, 0.15) is 6.04 Å². The smallest absolute Gasteiger partial charge is 0.475 e. The maximum Gasteiger partial charge on any atom is 0.490 e. The van der Waals surface area contributed by atoms with E-state index in [2.05, 4.69) is 69.1 Å². The predicted molar refractivity (Wildman–Crippen MR) is 221 cm³/mol. The molecule has 1 heterocycles. The van der Waals surface area contributed by atoms with Crippen molar-refractivity contribution in [1.82, 2.24) is 20.4 Å². The lowest BCUT2D eigenvalue weighted by atomic mass is 9.78. The maximum absolute atomic E-state index is 13.8. The van der Waals surface area contributed by atoms with Crippen LogP contribution in [0.1, 0.15) is 74.1 Å². The van der Waals surface area contributed by atoms with Gasteiger partial charge in [-0.2, -0.15) is 26.3 Å². The number of halogens is 6. The van der Waals surface area contributed by atoms with E-state index in [1.54, 1.807) is 0 Å². The first-order chi connectivity index (χ1) is 29.7. The lowest BCUT2D eigenvalue weighted by molar-refractivity contribution is -0.193. The lowest BCUT2D eigenvalue weighted by Gasteiger charge is -2.41. The minimum absolute atomic E-state index is 0.00410. The summed E-state index contributed by atoms with van der Waals surface area (Å²) in [5.74, 6) is -5.86. The van der Waals surface area contributed by atoms with Crippen molar-refractivity contribution in [3.8, 4) is 0 Å². The number of carbonyl (C=O) groups excluding carboxylic acids is 3. The number of benzene rings is 3. The number of guanidine groups is 1. The van der Waals surface area contributed by atoms with Crippen LogP contribution in [-0.2, 0) is 30.5 Å². The molecular formula is C43H53F6N7O7. The van der Waals surface area contributed by atoms with Crippen molar-refractivity contribution in [3.05, 3.63) is 108 Å². The Bertz CT molecular complexity index is 1870. The standard InChI is InChI=1S/C39H51N7O3.2C2HF3O2/c40-38(41)42-22-12-19-33(37(49)43-29-30-13-4-1-5-14-30)44-34(47)27-39(20-10-11-21-39)28-35(48)45-23-25-46(26-24-45)36(31-15-6-2-7-16-31)32-17-8-3-9-18-32;2*3-2(4,5)1(6)7/h1-9,13-18,33,36H,10-12,19-29H2,(H,43,49)(H,44,47)(H4,40,41,42);2*(H,6,7)/t33-;;/m0../s1. The summed E-state index contributed by atoms with van der Waals surface area (Å²) < 4.78 is 63.5. The Balaban J connectivity index is 0.000000650. The van der Waals surface area contributed by atoms with Crippen LogP contribution in [0.5, 0.6) is 0 Å². The quantitative estimate of drug-likeness (QED) is 0.0495. The molecule has 3 aromatic rings. The summed E-state index contributed by atoms with van der Waals surface area (Å²) in [5, 5.41) is 20.2. The first-order valence-corrected chi connectivity index (χ1v) is 20.1. The topological polar surface area (TPSA) is 221 Å². The first kappa shape index (κ1) is 51.2. The number of nitrogens with zero attached hydrogens (tertiary/aromatic N) is 3. The molecule has 2 fully saturated rings. The van der Waals surface area contributed by atoms with Crippen LogP contribution in [0.15, 0.2) is 96.0 Å². The van der Waals surface area contributed by atoms with E-state index in [-0.39, 0.29) is 36.1 Å². The summed E-state index contributed by atoms with van der Waals surface area (Å²) in [6.45, 7) is 3.57. The summed E-state index contributed by atoms with van der Waals surface area (Å²) in [7, 11) is 0. The molecule has 344 valence electrons. The van der Waals surface area contributed by atoms with Gasteiger partial charge in [0.25, 0.3) is 0 Å². The SMILES string of the molecule is NC(N)=NCCC[C@H](NC(=O)CC1(CC(=O)N2CCN(C(c3ccccc3)c3ccccc3)CC2)CCCC1)C(=O)NCc1ccccc1.O=C(O)C(F)(F)F.O=C(O)C(F)(F)F. The first-order valence-electron chi connectivity index (χ1n) is 20.1. The molecule has 1 atom stereocenters. The van der Waals surface area contributed by atoms with E-state index >= 15 is 0 Å². The van der Waals surface area contributed by atoms with Gasteiger partial charge in [-0.25, -0.2) is 9.59 Å². The normalized spacial score (nSPS) is 15.4. The zero-order chi connectivity index (χ0) is 46.6. The van der Waals surface area contributed by atoms with Gasteiger partial charge in [-0.1, -0.05) is 104 Å². The average Bonchev–Trinajstić information content (AvgIpc) is 3.69. The molecule has 3 aromatic carbocycles. The van der Waals surface area contributed by atoms with Crippen molar-refractivity contribution in [1.29, 1.82) is 0 Å². The average molecular weight is 894 g/mol. The van der Waals surface area contributed by atoms with Gasteiger partial charge < -0.3 is 37.2 Å². The highest BCUT2D eigenvalue weighted by molar-refractivity contribution is 5.88.